The van der Waals surface area contributed by atoms with Gasteiger partial charge in [0.15, 0.2) is 0 Å². The molecule has 0 aromatic heterocycles. The number of rotatable bonds is 7. The molecular formula is C17H28N2O4. The molecular weight excluding hydrogens is 296 g/mol. The van der Waals surface area contributed by atoms with Crippen molar-refractivity contribution in [2.24, 2.45) is 11.8 Å². The van der Waals surface area contributed by atoms with Crippen LogP contribution in [0.2, 0.25) is 0 Å². The summed E-state index contributed by atoms with van der Waals surface area (Å²) in [6.45, 7) is 3.28. The molecule has 6 heteroatoms. The first-order valence-corrected chi connectivity index (χ1v) is 8.76. The first-order chi connectivity index (χ1) is 11.0. The maximum absolute atomic E-state index is 12.2. The Kier molecular flexibility index (Phi) is 6.42. The Morgan fingerprint density at radius 3 is 2.57 bits per heavy atom. The molecule has 2 fully saturated rings. The molecule has 1 saturated heterocycles. The van der Waals surface area contributed by atoms with Crippen molar-refractivity contribution in [2.45, 2.75) is 64.3 Å². The van der Waals surface area contributed by atoms with Gasteiger partial charge in [-0.1, -0.05) is 6.92 Å². The molecule has 130 valence electrons. The first-order valence-electron chi connectivity index (χ1n) is 8.76. The predicted molar refractivity (Wildman–Crippen MR) is 85.7 cm³/mol. The smallest absolute Gasteiger partial charge is 0.303 e. The van der Waals surface area contributed by atoms with Crippen LogP contribution < -0.4 is 5.32 Å². The Balaban J connectivity index is 1.71. The average Bonchev–Trinajstić information content (AvgIpc) is 2.89. The van der Waals surface area contributed by atoms with E-state index < -0.39 is 5.97 Å². The molecule has 0 aromatic carbocycles. The summed E-state index contributed by atoms with van der Waals surface area (Å²) in [5.74, 6) is -0.277. The molecule has 2 aliphatic rings. The SMILES string of the molecule is CC1CCC(N2C[C@@H](C(=O)NCCCCC(=O)O)CC2=O)CC1. The summed E-state index contributed by atoms with van der Waals surface area (Å²) in [4.78, 5) is 36.7. The minimum absolute atomic E-state index is 0.0691. The number of amides is 2. The Labute approximate surface area is 137 Å². The van der Waals surface area contributed by atoms with Crippen LogP contribution in [0.3, 0.4) is 0 Å². The molecule has 1 aliphatic carbocycles. The van der Waals surface area contributed by atoms with Crippen LogP contribution in [0.1, 0.15) is 58.3 Å². The molecule has 1 heterocycles. The number of carbonyl (C=O) groups is 3. The number of carboxylic acids is 1. The van der Waals surface area contributed by atoms with Crippen LogP contribution in [0.5, 0.6) is 0 Å². The van der Waals surface area contributed by atoms with Crippen molar-refractivity contribution in [3.05, 3.63) is 0 Å². The summed E-state index contributed by atoms with van der Waals surface area (Å²) in [5, 5.41) is 11.4. The van der Waals surface area contributed by atoms with E-state index >= 15 is 0 Å². The maximum atomic E-state index is 12.2. The number of hydrogen-bond acceptors (Lipinski definition) is 3. The van der Waals surface area contributed by atoms with E-state index in [1.54, 1.807) is 0 Å². The molecule has 2 rings (SSSR count). The summed E-state index contributed by atoms with van der Waals surface area (Å²) < 4.78 is 0. The third-order valence-corrected chi connectivity index (χ3v) is 5.07. The van der Waals surface area contributed by atoms with Gasteiger partial charge in [-0.15, -0.1) is 0 Å². The Hall–Kier alpha value is -1.59. The van der Waals surface area contributed by atoms with E-state index in [4.69, 9.17) is 5.11 Å². The third-order valence-electron chi connectivity index (χ3n) is 5.07. The number of unbranched alkanes of at least 4 members (excludes halogenated alkanes) is 1. The van der Waals surface area contributed by atoms with E-state index in [1.807, 2.05) is 4.90 Å². The normalized spacial score (nSPS) is 28.0. The highest BCUT2D eigenvalue weighted by atomic mass is 16.4. The fraction of sp³-hybridized carbons (Fsp3) is 0.824. The maximum Gasteiger partial charge on any atom is 0.303 e. The molecule has 0 bridgehead atoms. The summed E-state index contributed by atoms with van der Waals surface area (Å²) in [7, 11) is 0. The van der Waals surface area contributed by atoms with Gasteiger partial charge in [0.1, 0.15) is 0 Å². The van der Waals surface area contributed by atoms with Gasteiger partial charge in [0.2, 0.25) is 11.8 Å². The highest BCUT2D eigenvalue weighted by Crippen LogP contribution is 2.31. The van der Waals surface area contributed by atoms with Gasteiger partial charge in [-0.05, 0) is 44.4 Å². The van der Waals surface area contributed by atoms with E-state index in [1.165, 1.54) is 0 Å². The predicted octanol–water partition coefficient (Wildman–Crippen LogP) is 1.78. The quantitative estimate of drug-likeness (QED) is 0.699. The van der Waals surface area contributed by atoms with Gasteiger partial charge in [-0.3, -0.25) is 14.4 Å². The number of carboxylic acid groups (broad SMARTS) is 1. The third kappa shape index (κ3) is 5.22. The number of nitrogens with zero attached hydrogens (tertiary/aromatic N) is 1. The second-order valence-electron chi connectivity index (χ2n) is 7.00. The van der Waals surface area contributed by atoms with Crippen LogP contribution in [0.4, 0.5) is 0 Å². The number of likely N-dealkylation sites (tertiary alicyclic amines) is 1. The summed E-state index contributed by atoms with van der Waals surface area (Å²) >= 11 is 0. The monoisotopic (exact) mass is 324 g/mol. The second kappa shape index (κ2) is 8.31. The van der Waals surface area contributed by atoms with Crippen LogP contribution in [0, 0.1) is 11.8 Å². The molecule has 2 N–H and O–H groups in total. The van der Waals surface area contributed by atoms with E-state index in [0.29, 0.717) is 38.4 Å². The topological polar surface area (TPSA) is 86.7 Å². The molecule has 0 spiro atoms. The lowest BCUT2D eigenvalue weighted by Gasteiger charge is -2.33. The fourth-order valence-corrected chi connectivity index (χ4v) is 3.57. The highest BCUT2D eigenvalue weighted by Gasteiger charge is 2.38. The van der Waals surface area contributed by atoms with Crippen LogP contribution in [-0.4, -0.2) is 46.9 Å². The Morgan fingerprint density at radius 2 is 1.91 bits per heavy atom. The van der Waals surface area contributed by atoms with E-state index in [2.05, 4.69) is 12.2 Å². The molecule has 23 heavy (non-hydrogen) atoms. The molecule has 6 nitrogen and oxygen atoms in total. The molecule has 0 radical (unpaired) electrons. The fourth-order valence-electron chi connectivity index (χ4n) is 3.57. The lowest BCUT2D eigenvalue weighted by molar-refractivity contribution is -0.137. The zero-order chi connectivity index (χ0) is 16.8. The van der Waals surface area contributed by atoms with E-state index in [-0.39, 0.29) is 24.2 Å². The van der Waals surface area contributed by atoms with Crippen molar-refractivity contribution in [1.82, 2.24) is 10.2 Å². The van der Waals surface area contributed by atoms with E-state index in [0.717, 1.165) is 31.6 Å². The number of hydrogen-bond donors (Lipinski definition) is 2. The van der Waals surface area contributed by atoms with E-state index in [9.17, 15) is 14.4 Å². The minimum atomic E-state index is -0.810. The molecule has 2 amide bonds. The van der Waals surface area contributed by atoms with Gasteiger partial charge in [0, 0.05) is 32.0 Å². The number of aliphatic carboxylic acids is 1. The lowest BCUT2D eigenvalue weighted by Crippen LogP contribution is -2.40. The van der Waals surface area contributed by atoms with Crippen molar-refractivity contribution in [2.75, 3.05) is 13.1 Å². The van der Waals surface area contributed by atoms with Crippen LogP contribution >= 0.6 is 0 Å². The van der Waals surface area contributed by atoms with Gasteiger partial charge >= 0.3 is 5.97 Å². The first kappa shape index (κ1) is 17.8. The van der Waals surface area contributed by atoms with Crippen molar-refractivity contribution in [3.63, 3.8) is 0 Å². The Morgan fingerprint density at radius 1 is 1.22 bits per heavy atom. The summed E-state index contributed by atoms with van der Waals surface area (Å²) in [6.07, 6.45) is 6.09. The van der Waals surface area contributed by atoms with Crippen LogP contribution in [0.25, 0.3) is 0 Å². The zero-order valence-electron chi connectivity index (χ0n) is 13.9. The molecule has 0 aromatic rings. The number of carbonyl (C=O) groups excluding carboxylic acids is 2. The van der Waals surface area contributed by atoms with Crippen LogP contribution in [-0.2, 0) is 14.4 Å². The van der Waals surface area contributed by atoms with Crippen molar-refractivity contribution < 1.29 is 19.5 Å². The van der Waals surface area contributed by atoms with Gasteiger partial charge < -0.3 is 15.3 Å². The number of nitrogens with one attached hydrogen (secondary N) is 1. The average molecular weight is 324 g/mol. The van der Waals surface area contributed by atoms with Crippen molar-refractivity contribution >= 4 is 17.8 Å². The second-order valence-corrected chi connectivity index (χ2v) is 7.00. The van der Waals surface area contributed by atoms with Crippen molar-refractivity contribution in [1.29, 1.82) is 0 Å². The molecule has 1 saturated carbocycles. The highest BCUT2D eigenvalue weighted by molar-refractivity contribution is 5.89. The van der Waals surface area contributed by atoms with Gasteiger partial charge in [0.05, 0.1) is 5.92 Å². The van der Waals surface area contributed by atoms with Gasteiger partial charge in [-0.25, -0.2) is 0 Å². The summed E-state index contributed by atoms with van der Waals surface area (Å²) in [5.41, 5.74) is 0. The standard InChI is InChI=1S/C17H28N2O4/c1-12-5-7-14(8-6-12)19-11-13(10-15(19)20)17(23)18-9-3-2-4-16(21)22/h12-14H,2-11H2,1H3,(H,18,23)(H,21,22)/t12?,13-,14?/m0/s1. The largest absolute Gasteiger partial charge is 0.481 e. The van der Waals surface area contributed by atoms with Gasteiger partial charge in [0.25, 0.3) is 0 Å². The Bertz CT molecular complexity index is 444. The minimum Gasteiger partial charge on any atom is -0.481 e. The molecule has 1 atom stereocenters. The zero-order valence-corrected chi connectivity index (χ0v) is 13.9. The summed E-state index contributed by atoms with van der Waals surface area (Å²) in [6, 6.07) is 0.312. The van der Waals surface area contributed by atoms with Crippen molar-refractivity contribution in [3.8, 4) is 0 Å². The van der Waals surface area contributed by atoms with Gasteiger partial charge in [-0.2, -0.15) is 0 Å². The van der Waals surface area contributed by atoms with Crippen LogP contribution in [0.15, 0.2) is 0 Å². The molecule has 1 aliphatic heterocycles. The lowest BCUT2D eigenvalue weighted by atomic mass is 9.87. The molecule has 0 unspecified atom stereocenters.